The zero-order valence-corrected chi connectivity index (χ0v) is 17.6. The van der Waals surface area contributed by atoms with Gasteiger partial charge in [-0.1, -0.05) is 17.1 Å². The molecule has 0 saturated heterocycles. The Morgan fingerprint density at radius 1 is 1.16 bits per heavy atom. The van der Waals surface area contributed by atoms with Gasteiger partial charge < -0.3 is 15.4 Å². The van der Waals surface area contributed by atoms with Crippen molar-refractivity contribution < 1.29 is 9.53 Å². The Labute approximate surface area is 184 Å². The summed E-state index contributed by atoms with van der Waals surface area (Å²) in [7, 11) is 1.86. The Bertz CT molecular complexity index is 1380. The molecule has 0 aliphatic carbocycles. The summed E-state index contributed by atoms with van der Waals surface area (Å²) in [5.74, 6) is 6.89. The molecule has 1 amide bonds. The lowest BCUT2D eigenvalue weighted by Gasteiger charge is -2.10. The number of amides is 1. The highest BCUT2D eigenvalue weighted by Crippen LogP contribution is 2.26. The summed E-state index contributed by atoms with van der Waals surface area (Å²) in [6, 6.07) is 5.68. The largest absolute Gasteiger partial charge is 0.385 e. The normalized spacial score (nSPS) is 14.6. The molecule has 4 heterocycles. The van der Waals surface area contributed by atoms with Gasteiger partial charge in [-0.05, 0) is 24.6 Å². The topological polar surface area (TPSA) is 107 Å². The molecule has 0 spiro atoms. The van der Waals surface area contributed by atoms with Crippen LogP contribution in [0, 0.1) is 11.8 Å². The SMILES string of the molecule is CNc1c2ccc3nnn(c13)CCOCCCC(=O)Nc1cc3c(cncc3cn1)C#C2. The fourth-order valence-corrected chi connectivity index (χ4v) is 3.74. The van der Waals surface area contributed by atoms with Crippen molar-refractivity contribution in [3.05, 3.63) is 47.9 Å². The van der Waals surface area contributed by atoms with E-state index in [0.717, 1.165) is 38.6 Å². The molecule has 0 atom stereocenters. The maximum absolute atomic E-state index is 12.3. The van der Waals surface area contributed by atoms with Crippen LogP contribution in [0.4, 0.5) is 11.5 Å². The predicted molar refractivity (Wildman–Crippen MR) is 121 cm³/mol. The Morgan fingerprint density at radius 3 is 2.97 bits per heavy atom. The van der Waals surface area contributed by atoms with Crippen molar-refractivity contribution in [1.29, 1.82) is 0 Å². The number of anilines is 2. The third-order valence-corrected chi connectivity index (χ3v) is 5.31. The summed E-state index contributed by atoms with van der Waals surface area (Å²) in [4.78, 5) is 20.9. The number of nitrogens with one attached hydrogen (secondary N) is 2. The van der Waals surface area contributed by atoms with Crippen molar-refractivity contribution >= 4 is 39.2 Å². The molecule has 9 nitrogen and oxygen atoms in total. The lowest BCUT2D eigenvalue weighted by molar-refractivity contribution is -0.116. The van der Waals surface area contributed by atoms with Crippen molar-refractivity contribution in [2.24, 2.45) is 0 Å². The van der Waals surface area contributed by atoms with E-state index in [0.29, 0.717) is 38.4 Å². The summed E-state index contributed by atoms with van der Waals surface area (Å²) in [5, 5.41) is 16.4. The number of hydrogen-bond acceptors (Lipinski definition) is 7. The van der Waals surface area contributed by atoms with E-state index in [1.807, 2.05) is 29.9 Å². The number of nitrogens with zero attached hydrogens (tertiary/aromatic N) is 5. The van der Waals surface area contributed by atoms with Gasteiger partial charge in [0.25, 0.3) is 0 Å². The van der Waals surface area contributed by atoms with Crippen LogP contribution in [0.5, 0.6) is 0 Å². The molecule has 0 fully saturated rings. The number of carbonyl (C=O) groups excluding carboxylic acids is 1. The third kappa shape index (κ3) is 3.84. The first-order valence-corrected chi connectivity index (χ1v) is 10.4. The fourth-order valence-electron chi connectivity index (χ4n) is 3.74. The van der Waals surface area contributed by atoms with Crippen LogP contribution in [-0.4, -0.2) is 51.1 Å². The Morgan fingerprint density at radius 2 is 2.06 bits per heavy atom. The smallest absolute Gasteiger partial charge is 0.225 e. The summed E-state index contributed by atoms with van der Waals surface area (Å²) in [6.07, 6.45) is 6.12. The number of aromatic nitrogens is 5. The second kappa shape index (κ2) is 8.61. The van der Waals surface area contributed by atoms with E-state index in [-0.39, 0.29) is 5.91 Å². The van der Waals surface area contributed by atoms with Gasteiger partial charge in [0.15, 0.2) is 0 Å². The number of rotatable bonds is 1. The van der Waals surface area contributed by atoms with Crippen molar-refractivity contribution in [2.45, 2.75) is 19.4 Å². The van der Waals surface area contributed by atoms with Gasteiger partial charge in [0.2, 0.25) is 5.91 Å². The average Bonchev–Trinajstić information content (AvgIpc) is 3.22. The van der Waals surface area contributed by atoms with E-state index in [4.69, 9.17) is 4.74 Å². The van der Waals surface area contributed by atoms with Crippen molar-refractivity contribution in [3.8, 4) is 11.8 Å². The molecule has 1 aromatic carbocycles. The molecule has 160 valence electrons. The summed E-state index contributed by atoms with van der Waals surface area (Å²) in [6.45, 7) is 1.50. The average molecular weight is 427 g/mol. The molecule has 4 aromatic rings. The first-order valence-electron chi connectivity index (χ1n) is 10.4. The second-order valence-corrected chi connectivity index (χ2v) is 7.41. The van der Waals surface area contributed by atoms with Gasteiger partial charge in [-0.25, -0.2) is 9.67 Å². The highest BCUT2D eigenvalue weighted by molar-refractivity contribution is 5.95. The Kier molecular flexibility index (Phi) is 5.35. The molecule has 0 radical (unpaired) electrons. The van der Waals surface area contributed by atoms with Gasteiger partial charge in [-0.3, -0.25) is 9.78 Å². The second-order valence-electron chi connectivity index (χ2n) is 7.41. The molecule has 1 aliphatic heterocycles. The van der Waals surface area contributed by atoms with Gasteiger partial charge in [-0.2, -0.15) is 0 Å². The Balaban J connectivity index is 1.66. The van der Waals surface area contributed by atoms with Crippen LogP contribution < -0.4 is 10.6 Å². The van der Waals surface area contributed by atoms with Gasteiger partial charge in [0, 0.05) is 49.4 Å². The van der Waals surface area contributed by atoms with Crippen molar-refractivity contribution in [1.82, 2.24) is 25.0 Å². The lowest BCUT2D eigenvalue weighted by atomic mass is 10.1. The zero-order valence-electron chi connectivity index (χ0n) is 17.6. The Hall–Kier alpha value is -4.03. The van der Waals surface area contributed by atoms with Crippen LogP contribution in [0.1, 0.15) is 24.0 Å². The molecule has 3 aromatic heterocycles. The maximum atomic E-state index is 12.3. The van der Waals surface area contributed by atoms with E-state index in [1.165, 1.54) is 0 Å². The molecule has 0 unspecified atom stereocenters. The minimum atomic E-state index is -0.102. The van der Waals surface area contributed by atoms with E-state index in [1.54, 1.807) is 18.6 Å². The summed E-state index contributed by atoms with van der Waals surface area (Å²) in [5.41, 5.74) is 4.11. The molecular weight excluding hydrogens is 406 g/mol. The highest BCUT2D eigenvalue weighted by Gasteiger charge is 2.13. The highest BCUT2D eigenvalue weighted by atomic mass is 16.5. The van der Waals surface area contributed by atoms with Crippen LogP contribution in [0.25, 0.3) is 21.8 Å². The van der Waals surface area contributed by atoms with Crippen LogP contribution in [0.15, 0.2) is 36.8 Å². The van der Waals surface area contributed by atoms with Crippen LogP contribution >= 0.6 is 0 Å². The van der Waals surface area contributed by atoms with Gasteiger partial charge in [0.05, 0.1) is 30.0 Å². The standard InChI is InChI=1S/C23H21N7O2/c1-24-22-15-4-5-16-12-25-13-17-14-26-20(11-18(16)17)27-21(31)3-2-9-32-10-8-30-23(22)19(7-6-15)28-29-30/h6-7,11-14,24H,2-3,8-10H2,1H3,(H,26,27,31). The lowest BCUT2D eigenvalue weighted by Crippen LogP contribution is -2.14. The maximum Gasteiger partial charge on any atom is 0.225 e. The minimum Gasteiger partial charge on any atom is -0.385 e. The molecule has 4 bridgehead atoms. The predicted octanol–water partition coefficient (Wildman–Crippen LogP) is 2.56. The number of ether oxygens (including phenoxy) is 1. The molecule has 0 saturated carbocycles. The molecule has 9 heteroatoms. The quantitative estimate of drug-likeness (QED) is 0.450. The number of benzene rings is 1. The fraction of sp³-hybridized carbons (Fsp3) is 0.261. The number of carbonyl (C=O) groups is 1. The van der Waals surface area contributed by atoms with Crippen LogP contribution in [-0.2, 0) is 16.1 Å². The van der Waals surface area contributed by atoms with Gasteiger partial charge in [-0.15, -0.1) is 5.10 Å². The van der Waals surface area contributed by atoms with Crippen LogP contribution in [0.3, 0.4) is 0 Å². The van der Waals surface area contributed by atoms with Crippen molar-refractivity contribution in [3.63, 3.8) is 0 Å². The summed E-state index contributed by atoms with van der Waals surface area (Å²) >= 11 is 0. The summed E-state index contributed by atoms with van der Waals surface area (Å²) < 4.78 is 7.53. The number of pyridine rings is 2. The van der Waals surface area contributed by atoms with E-state index in [9.17, 15) is 4.79 Å². The van der Waals surface area contributed by atoms with E-state index < -0.39 is 0 Å². The molecule has 1 aliphatic rings. The van der Waals surface area contributed by atoms with Crippen LogP contribution in [0.2, 0.25) is 0 Å². The van der Waals surface area contributed by atoms with E-state index in [2.05, 4.69) is 42.8 Å². The third-order valence-electron chi connectivity index (χ3n) is 5.31. The zero-order chi connectivity index (χ0) is 21.9. The van der Waals surface area contributed by atoms with Crippen molar-refractivity contribution in [2.75, 3.05) is 30.9 Å². The number of fused-ring (bicyclic) bond motifs is 2. The first-order chi connectivity index (χ1) is 15.7. The molecule has 2 N–H and O–H groups in total. The monoisotopic (exact) mass is 427 g/mol. The van der Waals surface area contributed by atoms with Gasteiger partial charge >= 0.3 is 0 Å². The minimum absolute atomic E-state index is 0.102. The molecular formula is C23H21N7O2. The van der Waals surface area contributed by atoms with Gasteiger partial charge in [0.1, 0.15) is 16.9 Å². The molecule has 32 heavy (non-hydrogen) atoms. The number of hydrogen-bond donors (Lipinski definition) is 2. The van der Waals surface area contributed by atoms with E-state index >= 15 is 0 Å². The molecule has 5 rings (SSSR count). The first kappa shape index (κ1) is 19.9.